The number of hydrogen-bond donors (Lipinski definition) is 0. The van der Waals surface area contributed by atoms with Crippen molar-refractivity contribution in [2.24, 2.45) is 0 Å². The Morgan fingerprint density at radius 3 is 2.73 bits per heavy atom. The smallest absolute Gasteiger partial charge is 0.168 e. The number of nitrogens with zero attached hydrogens (tertiary/aromatic N) is 1. The summed E-state index contributed by atoms with van der Waals surface area (Å²) in [6, 6.07) is 3.60. The SMILES string of the molecule is N#CCc1cc(F)cc(F)c1OCCCl. The van der Waals surface area contributed by atoms with E-state index in [0.717, 1.165) is 6.07 Å². The molecule has 0 aliphatic carbocycles. The van der Waals surface area contributed by atoms with Crippen molar-refractivity contribution in [3.63, 3.8) is 0 Å². The molecule has 0 N–H and O–H groups in total. The Morgan fingerprint density at radius 1 is 1.40 bits per heavy atom. The summed E-state index contributed by atoms with van der Waals surface area (Å²) >= 11 is 5.38. The minimum absolute atomic E-state index is 0.0985. The Hall–Kier alpha value is -1.34. The second kappa shape index (κ2) is 5.52. The van der Waals surface area contributed by atoms with Gasteiger partial charge < -0.3 is 4.74 Å². The van der Waals surface area contributed by atoms with E-state index >= 15 is 0 Å². The van der Waals surface area contributed by atoms with E-state index < -0.39 is 11.6 Å². The zero-order valence-electron chi connectivity index (χ0n) is 7.77. The Kier molecular flexibility index (Phi) is 4.32. The first-order valence-electron chi connectivity index (χ1n) is 4.22. The summed E-state index contributed by atoms with van der Waals surface area (Å²) in [5.74, 6) is -1.44. The highest BCUT2D eigenvalue weighted by Gasteiger charge is 2.12. The summed E-state index contributed by atoms with van der Waals surface area (Å²) in [5, 5.41) is 8.47. The third kappa shape index (κ3) is 3.07. The summed E-state index contributed by atoms with van der Waals surface area (Å²) in [6.07, 6.45) is -0.105. The van der Waals surface area contributed by atoms with Crippen LogP contribution in [0, 0.1) is 23.0 Å². The molecule has 15 heavy (non-hydrogen) atoms. The van der Waals surface area contributed by atoms with Gasteiger partial charge in [0, 0.05) is 11.6 Å². The first-order chi connectivity index (χ1) is 7.19. The van der Waals surface area contributed by atoms with Crippen LogP contribution in [0.1, 0.15) is 5.56 Å². The Morgan fingerprint density at radius 2 is 2.13 bits per heavy atom. The fourth-order valence-corrected chi connectivity index (χ4v) is 1.21. The van der Waals surface area contributed by atoms with Crippen molar-refractivity contribution in [2.75, 3.05) is 12.5 Å². The van der Waals surface area contributed by atoms with Gasteiger partial charge in [0.2, 0.25) is 0 Å². The van der Waals surface area contributed by atoms with Crippen LogP contribution in [0.3, 0.4) is 0 Å². The number of alkyl halides is 1. The highest BCUT2D eigenvalue weighted by Crippen LogP contribution is 2.24. The zero-order chi connectivity index (χ0) is 11.3. The van der Waals surface area contributed by atoms with Gasteiger partial charge in [-0.05, 0) is 6.07 Å². The molecule has 2 nitrogen and oxygen atoms in total. The van der Waals surface area contributed by atoms with E-state index in [-0.39, 0.29) is 30.2 Å². The van der Waals surface area contributed by atoms with Crippen LogP contribution in [-0.4, -0.2) is 12.5 Å². The first-order valence-corrected chi connectivity index (χ1v) is 4.76. The number of benzene rings is 1. The predicted octanol–water partition coefficient (Wildman–Crippen LogP) is 2.65. The number of ether oxygens (including phenoxy) is 1. The second-order valence-corrected chi connectivity index (χ2v) is 3.13. The molecule has 0 aliphatic heterocycles. The average Bonchev–Trinajstić information content (AvgIpc) is 2.17. The summed E-state index contributed by atoms with van der Waals surface area (Å²) in [5.41, 5.74) is 0.195. The van der Waals surface area contributed by atoms with Gasteiger partial charge in [0.25, 0.3) is 0 Å². The Bertz CT molecular complexity index is 390. The molecule has 1 aromatic rings. The lowest BCUT2D eigenvalue weighted by atomic mass is 10.1. The van der Waals surface area contributed by atoms with E-state index in [2.05, 4.69) is 0 Å². The second-order valence-electron chi connectivity index (χ2n) is 2.75. The van der Waals surface area contributed by atoms with Crippen LogP contribution < -0.4 is 4.74 Å². The van der Waals surface area contributed by atoms with Crippen LogP contribution in [0.25, 0.3) is 0 Å². The molecule has 0 spiro atoms. The van der Waals surface area contributed by atoms with Gasteiger partial charge in [-0.1, -0.05) is 0 Å². The van der Waals surface area contributed by atoms with E-state index in [9.17, 15) is 8.78 Å². The molecule has 1 rings (SSSR count). The van der Waals surface area contributed by atoms with E-state index in [1.54, 1.807) is 0 Å². The number of hydrogen-bond acceptors (Lipinski definition) is 2. The lowest BCUT2D eigenvalue weighted by Gasteiger charge is -2.09. The van der Waals surface area contributed by atoms with Crippen molar-refractivity contribution in [2.45, 2.75) is 6.42 Å². The third-order valence-corrected chi connectivity index (χ3v) is 1.83. The van der Waals surface area contributed by atoms with Crippen LogP contribution in [0.2, 0.25) is 0 Å². The highest BCUT2D eigenvalue weighted by molar-refractivity contribution is 6.18. The molecular weight excluding hydrogens is 224 g/mol. The quantitative estimate of drug-likeness (QED) is 0.747. The zero-order valence-corrected chi connectivity index (χ0v) is 8.52. The molecule has 0 atom stereocenters. The van der Waals surface area contributed by atoms with Crippen molar-refractivity contribution in [1.29, 1.82) is 5.26 Å². The van der Waals surface area contributed by atoms with Gasteiger partial charge >= 0.3 is 0 Å². The summed E-state index contributed by atoms with van der Waals surface area (Å²) in [6.45, 7) is 0.114. The van der Waals surface area contributed by atoms with Crippen molar-refractivity contribution in [3.05, 3.63) is 29.3 Å². The number of nitriles is 1. The predicted molar refractivity (Wildman–Crippen MR) is 51.9 cm³/mol. The summed E-state index contributed by atoms with van der Waals surface area (Å²) < 4.78 is 31.1. The Labute approximate surface area is 91.0 Å². The normalized spacial score (nSPS) is 9.73. The van der Waals surface area contributed by atoms with E-state index in [0.29, 0.717) is 6.07 Å². The van der Waals surface area contributed by atoms with Gasteiger partial charge in [-0.15, -0.1) is 11.6 Å². The van der Waals surface area contributed by atoms with Crippen molar-refractivity contribution in [1.82, 2.24) is 0 Å². The standard InChI is InChI=1S/C10H8ClF2NO/c11-2-4-15-10-7(1-3-14)5-8(12)6-9(10)13/h5-6H,1-2,4H2. The molecule has 0 aliphatic rings. The fourth-order valence-electron chi connectivity index (χ4n) is 1.13. The summed E-state index contributed by atoms with van der Waals surface area (Å²) in [4.78, 5) is 0. The fraction of sp³-hybridized carbons (Fsp3) is 0.300. The van der Waals surface area contributed by atoms with Crippen LogP contribution in [0.15, 0.2) is 12.1 Å². The molecule has 0 heterocycles. The molecule has 0 aromatic heterocycles. The van der Waals surface area contributed by atoms with Gasteiger partial charge in [0.05, 0.1) is 18.4 Å². The number of rotatable bonds is 4. The molecule has 0 unspecified atom stereocenters. The molecule has 0 amide bonds. The van der Waals surface area contributed by atoms with Gasteiger partial charge in [0.15, 0.2) is 11.6 Å². The average molecular weight is 232 g/mol. The largest absolute Gasteiger partial charge is 0.489 e. The lowest BCUT2D eigenvalue weighted by molar-refractivity contribution is 0.319. The molecular formula is C10H8ClF2NO. The molecule has 5 heteroatoms. The minimum atomic E-state index is -0.814. The van der Waals surface area contributed by atoms with Crippen molar-refractivity contribution in [3.8, 4) is 11.8 Å². The molecule has 80 valence electrons. The monoisotopic (exact) mass is 231 g/mol. The van der Waals surface area contributed by atoms with Crippen LogP contribution in [0.4, 0.5) is 8.78 Å². The van der Waals surface area contributed by atoms with Crippen molar-refractivity contribution < 1.29 is 13.5 Å². The van der Waals surface area contributed by atoms with Gasteiger partial charge in [-0.2, -0.15) is 5.26 Å². The van der Waals surface area contributed by atoms with Crippen LogP contribution >= 0.6 is 11.6 Å². The first kappa shape index (κ1) is 11.7. The maximum Gasteiger partial charge on any atom is 0.168 e. The topological polar surface area (TPSA) is 33.0 Å². The van der Waals surface area contributed by atoms with Gasteiger partial charge in [0.1, 0.15) is 12.4 Å². The van der Waals surface area contributed by atoms with Crippen molar-refractivity contribution >= 4 is 11.6 Å². The summed E-state index contributed by atoms with van der Waals surface area (Å²) in [7, 11) is 0. The molecule has 0 fully saturated rings. The maximum absolute atomic E-state index is 13.2. The molecule has 0 saturated heterocycles. The molecule has 0 saturated carbocycles. The van der Waals surface area contributed by atoms with Crippen LogP contribution in [-0.2, 0) is 6.42 Å². The lowest BCUT2D eigenvalue weighted by Crippen LogP contribution is -2.04. The van der Waals surface area contributed by atoms with Crippen LogP contribution in [0.5, 0.6) is 5.75 Å². The van der Waals surface area contributed by atoms with Gasteiger partial charge in [-0.25, -0.2) is 8.78 Å². The van der Waals surface area contributed by atoms with E-state index in [1.807, 2.05) is 6.07 Å². The maximum atomic E-state index is 13.2. The van der Waals surface area contributed by atoms with Gasteiger partial charge in [-0.3, -0.25) is 0 Å². The number of halogens is 3. The minimum Gasteiger partial charge on any atom is -0.489 e. The third-order valence-electron chi connectivity index (χ3n) is 1.68. The molecule has 1 aromatic carbocycles. The van der Waals surface area contributed by atoms with E-state index in [1.165, 1.54) is 0 Å². The Balaban J connectivity index is 3.04. The van der Waals surface area contributed by atoms with E-state index in [4.69, 9.17) is 21.6 Å². The highest BCUT2D eigenvalue weighted by atomic mass is 35.5. The molecule has 0 radical (unpaired) electrons. The molecule has 0 bridgehead atoms.